The molecule has 0 saturated carbocycles. The van der Waals surface area contributed by atoms with Crippen molar-refractivity contribution in [1.82, 2.24) is 24.9 Å². The number of nitrogens with one attached hydrogen (secondary N) is 1. The zero-order chi connectivity index (χ0) is 22.4. The predicted octanol–water partition coefficient (Wildman–Crippen LogP) is 3.48. The third-order valence-corrected chi connectivity index (χ3v) is 7.31. The van der Waals surface area contributed by atoms with Crippen molar-refractivity contribution in [2.45, 2.75) is 15.3 Å². The lowest BCUT2D eigenvalue weighted by molar-refractivity contribution is 0.410. The monoisotopic (exact) mass is 467 g/mol. The highest BCUT2D eigenvalue weighted by Crippen LogP contribution is 2.35. The van der Waals surface area contributed by atoms with Gasteiger partial charge in [0.05, 0.1) is 17.3 Å². The lowest BCUT2D eigenvalue weighted by Crippen LogP contribution is -2.27. The number of aromatic nitrogens is 4. The van der Waals surface area contributed by atoms with Crippen LogP contribution in [0.15, 0.2) is 95.0 Å². The molecule has 0 amide bonds. The molecule has 0 unspecified atom stereocenters. The maximum Gasteiger partial charge on any atom is 0.240 e. The van der Waals surface area contributed by atoms with E-state index in [1.54, 1.807) is 42.1 Å². The average molecular weight is 468 g/mol. The van der Waals surface area contributed by atoms with E-state index in [1.165, 1.54) is 11.8 Å². The van der Waals surface area contributed by atoms with Crippen LogP contribution >= 0.6 is 11.8 Å². The van der Waals surface area contributed by atoms with Gasteiger partial charge in [-0.15, -0.1) is 5.10 Å². The molecule has 32 heavy (non-hydrogen) atoms. The number of nitrogens with zero attached hydrogens (tertiary/aromatic N) is 4. The van der Waals surface area contributed by atoms with E-state index in [-0.39, 0.29) is 16.7 Å². The Morgan fingerprint density at radius 2 is 1.62 bits per heavy atom. The van der Waals surface area contributed by atoms with E-state index in [9.17, 15) is 8.42 Å². The van der Waals surface area contributed by atoms with Gasteiger partial charge in [-0.05, 0) is 40.3 Å². The SMILES string of the molecule is COc1ccccc1-n1nnnc1S[C@@H](CNS(=O)(=O)c1ccccc1)c1ccccc1. The molecule has 164 valence electrons. The summed E-state index contributed by atoms with van der Waals surface area (Å²) in [5, 5.41) is 12.4. The van der Waals surface area contributed by atoms with Gasteiger partial charge in [-0.25, -0.2) is 13.1 Å². The van der Waals surface area contributed by atoms with Crippen LogP contribution in [0.3, 0.4) is 0 Å². The van der Waals surface area contributed by atoms with E-state index in [0.717, 1.165) is 5.56 Å². The highest BCUT2D eigenvalue weighted by molar-refractivity contribution is 7.99. The third kappa shape index (κ3) is 4.98. The van der Waals surface area contributed by atoms with Gasteiger partial charge in [0.2, 0.25) is 15.2 Å². The second kappa shape index (κ2) is 9.94. The number of para-hydroxylation sites is 2. The standard InChI is InChI=1S/C22H21N5O3S2/c1-30-20-15-9-8-14-19(20)27-22(24-25-26-27)31-21(17-10-4-2-5-11-17)16-23-32(28,29)18-12-6-3-7-13-18/h2-15,21,23H,16H2,1H3/t21-/m0/s1. The van der Waals surface area contributed by atoms with Gasteiger partial charge in [0.25, 0.3) is 0 Å². The van der Waals surface area contributed by atoms with Crippen molar-refractivity contribution >= 4 is 21.8 Å². The molecule has 0 radical (unpaired) electrons. The zero-order valence-electron chi connectivity index (χ0n) is 17.2. The molecular weight excluding hydrogens is 446 g/mol. The number of sulfonamides is 1. The number of benzene rings is 3. The second-order valence-corrected chi connectivity index (χ2v) is 9.66. The molecule has 8 nitrogen and oxygen atoms in total. The van der Waals surface area contributed by atoms with Crippen LogP contribution < -0.4 is 9.46 Å². The molecule has 1 N–H and O–H groups in total. The van der Waals surface area contributed by atoms with E-state index in [0.29, 0.717) is 16.6 Å². The summed E-state index contributed by atoms with van der Waals surface area (Å²) in [7, 11) is -2.07. The summed E-state index contributed by atoms with van der Waals surface area (Å²) in [6.45, 7) is 0.157. The number of hydrogen-bond acceptors (Lipinski definition) is 7. The number of thioether (sulfide) groups is 1. The molecule has 3 aromatic carbocycles. The summed E-state index contributed by atoms with van der Waals surface area (Å²) in [6.07, 6.45) is 0. The first kappa shape index (κ1) is 22.0. The summed E-state index contributed by atoms with van der Waals surface area (Å²) in [5.41, 5.74) is 1.64. The third-order valence-electron chi connectivity index (χ3n) is 4.69. The smallest absolute Gasteiger partial charge is 0.240 e. The van der Waals surface area contributed by atoms with Gasteiger partial charge in [-0.3, -0.25) is 0 Å². The number of ether oxygens (including phenoxy) is 1. The van der Waals surface area contributed by atoms with Crippen molar-refractivity contribution in [3.05, 3.63) is 90.5 Å². The molecule has 0 aliphatic carbocycles. The quantitative estimate of drug-likeness (QED) is 0.376. The van der Waals surface area contributed by atoms with Crippen LogP contribution in [0.25, 0.3) is 5.69 Å². The first-order valence-corrected chi connectivity index (χ1v) is 12.1. The Bertz CT molecular complexity index is 1260. The first-order valence-electron chi connectivity index (χ1n) is 9.76. The molecule has 10 heteroatoms. The van der Waals surface area contributed by atoms with Gasteiger partial charge < -0.3 is 4.74 Å². The molecular formula is C22H21N5O3S2. The maximum absolute atomic E-state index is 12.8. The Morgan fingerprint density at radius 3 is 2.34 bits per heavy atom. The van der Waals surface area contributed by atoms with E-state index in [2.05, 4.69) is 20.2 Å². The highest BCUT2D eigenvalue weighted by Gasteiger charge is 2.22. The lowest BCUT2D eigenvalue weighted by Gasteiger charge is -2.18. The molecule has 4 aromatic rings. The number of tetrazole rings is 1. The van der Waals surface area contributed by atoms with E-state index >= 15 is 0 Å². The zero-order valence-corrected chi connectivity index (χ0v) is 18.8. The number of rotatable bonds is 9. The Kier molecular flexibility index (Phi) is 6.84. The van der Waals surface area contributed by atoms with Gasteiger partial charge in [0.15, 0.2) is 0 Å². The predicted molar refractivity (Wildman–Crippen MR) is 122 cm³/mol. The summed E-state index contributed by atoms with van der Waals surface area (Å²) in [5.74, 6) is 0.627. The molecule has 0 bridgehead atoms. The van der Waals surface area contributed by atoms with Crippen LogP contribution in [0.5, 0.6) is 5.75 Å². The normalized spacial score (nSPS) is 12.4. The van der Waals surface area contributed by atoms with Crippen molar-refractivity contribution in [3.63, 3.8) is 0 Å². The Balaban J connectivity index is 1.62. The van der Waals surface area contributed by atoms with Gasteiger partial charge in [-0.2, -0.15) is 4.68 Å². The first-order chi connectivity index (χ1) is 15.6. The summed E-state index contributed by atoms with van der Waals surface area (Å²) in [6, 6.07) is 25.4. The van der Waals surface area contributed by atoms with Crippen molar-refractivity contribution in [3.8, 4) is 11.4 Å². The van der Waals surface area contributed by atoms with Crippen molar-refractivity contribution in [2.24, 2.45) is 0 Å². The summed E-state index contributed by atoms with van der Waals surface area (Å²) in [4.78, 5) is 0.218. The van der Waals surface area contributed by atoms with Gasteiger partial charge in [0.1, 0.15) is 11.4 Å². The number of hydrogen-bond donors (Lipinski definition) is 1. The molecule has 1 heterocycles. The lowest BCUT2D eigenvalue weighted by atomic mass is 10.1. The van der Waals surface area contributed by atoms with Crippen LogP contribution in [0, 0.1) is 0 Å². The van der Waals surface area contributed by atoms with Crippen LogP contribution in [-0.4, -0.2) is 42.3 Å². The molecule has 0 saturated heterocycles. The molecule has 4 rings (SSSR count). The molecule has 0 fully saturated rings. The second-order valence-electron chi connectivity index (χ2n) is 6.73. The molecule has 0 aliphatic rings. The van der Waals surface area contributed by atoms with Crippen LogP contribution in [-0.2, 0) is 10.0 Å². The Morgan fingerprint density at radius 1 is 0.969 bits per heavy atom. The minimum absolute atomic E-state index is 0.157. The van der Waals surface area contributed by atoms with E-state index < -0.39 is 10.0 Å². The fraction of sp³-hybridized carbons (Fsp3) is 0.136. The Hall–Kier alpha value is -3.21. The average Bonchev–Trinajstić information content (AvgIpc) is 3.31. The van der Waals surface area contributed by atoms with Crippen LogP contribution in [0.4, 0.5) is 0 Å². The van der Waals surface area contributed by atoms with Crippen molar-refractivity contribution in [1.29, 1.82) is 0 Å². The fourth-order valence-electron chi connectivity index (χ4n) is 3.10. The topological polar surface area (TPSA) is 99.0 Å². The van der Waals surface area contributed by atoms with Crippen molar-refractivity contribution < 1.29 is 13.2 Å². The van der Waals surface area contributed by atoms with Gasteiger partial charge in [0, 0.05) is 6.54 Å². The molecule has 1 atom stereocenters. The summed E-state index contributed by atoms with van der Waals surface area (Å²) >= 11 is 1.37. The summed E-state index contributed by atoms with van der Waals surface area (Å²) < 4.78 is 35.3. The molecule has 0 aliphatic heterocycles. The van der Waals surface area contributed by atoms with E-state index in [4.69, 9.17) is 4.74 Å². The Labute approximate surface area is 190 Å². The van der Waals surface area contributed by atoms with E-state index in [1.807, 2.05) is 54.6 Å². The maximum atomic E-state index is 12.8. The molecule has 0 spiro atoms. The minimum atomic E-state index is -3.66. The highest BCUT2D eigenvalue weighted by atomic mass is 32.2. The number of methoxy groups -OCH3 is 1. The molecule has 1 aromatic heterocycles. The van der Waals surface area contributed by atoms with Crippen LogP contribution in [0.2, 0.25) is 0 Å². The largest absolute Gasteiger partial charge is 0.494 e. The van der Waals surface area contributed by atoms with Gasteiger partial charge in [-0.1, -0.05) is 72.4 Å². The van der Waals surface area contributed by atoms with Crippen molar-refractivity contribution in [2.75, 3.05) is 13.7 Å². The minimum Gasteiger partial charge on any atom is -0.494 e. The van der Waals surface area contributed by atoms with Crippen LogP contribution in [0.1, 0.15) is 10.8 Å². The van der Waals surface area contributed by atoms with Gasteiger partial charge >= 0.3 is 0 Å². The fourth-order valence-corrected chi connectivity index (χ4v) is 5.31.